The van der Waals surface area contributed by atoms with E-state index in [1.807, 2.05) is 0 Å². The Morgan fingerprint density at radius 2 is 1.82 bits per heavy atom. The zero-order valence-corrected chi connectivity index (χ0v) is 6.38. The zero-order chi connectivity index (χ0) is 8.53. The Balaban J connectivity index is 3.49. The van der Waals surface area contributed by atoms with Gasteiger partial charge in [0.1, 0.15) is 0 Å². The molecule has 11 heavy (non-hydrogen) atoms. The van der Waals surface area contributed by atoms with E-state index >= 15 is 0 Å². The van der Waals surface area contributed by atoms with Gasteiger partial charge in [-0.15, -0.1) is 0 Å². The number of hydrogen-bond donors (Lipinski definition) is 2. The second-order valence-electron chi connectivity index (χ2n) is 2.12. The number of carbonyl (C=O) groups excluding carboxylic acids is 2. The number of nitrogens with one attached hydrogen (secondary N) is 2. The van der Waals surface area contributed by atoms with Crippen LogP contribution in [-0.4, -0.2) is 19.8 Å². The summed E-state index contributed by atoms with van der Waals surface area (Å²) in [5, 5.41) is 4.94. The lowest BCUT2D eigenvalue weighted by molar-refractivity contribution is -0.108. The van der Waals surface area contributed by atoms with E-state index in [9.17, 15) is 9.59 Å². The van der Waals surface area contributed by atoms with Crippen molar-refractivity contribution in [1.82, 2.24) is 10.5 Å². The molecule has 0 aliphatic carbocycles. The van der Waals surface area contributed by atoms with E-state index < -0.39 is 0 Å². The van der Waals surface area contributed by atoms with Crippen LogP contribution in [0.15, 0.2) is 0 Å². The fourth-order valence-electron chi connectivity index (χ4n) is 0.728. The van der Waals surface area contributed by atoms with Crippen LogP contribution in [-0.2, 0) is 9.59 Å². The summed E-state index contributed by atoms with van der Waals surface area (Å²) < 4.78 is 0. The van der Waals surface area contributed by atoms with E-state index in [-0.39, 0.29) is 6.98 Å². The van der Waals surface area contributed by atoms with Gasteiger partial charge in [-0.2, -0.15) is 0 Å². The third-order valence-electron chi connectivity index (χ3n) is 1.28. The Labute approximate surface area is 66.9 Å². The number of rotatable bonds is 7. The maximum atomic E-state index is 9.97. The van der Waals surface area contributed by atoms with Gasteiger partial charge in [0, 0.05) is 0 Å². The van der Waals surface area contributed by atoms with E-state index in [1.165, 1.54) is 0 Å². The van der Waals surface area contributed by atoms with Crippen molar-refractivity contribution in [3.63, 3.8) is 0 Å². The minimum atomic E-state index is -0.244. The predicted molar refractivity (Wildman–Crippen MR) is 43.6 cm³/mol. The Morgan fingerprint density at radius 1 is 1.27 bits per heavy atom. The highest BCUT2D eigenvalue weighted by Crippen LogP contribution is 1.94. The summed E-state index contributed by atoms with van der Waals surface area (Å²) in [6.07, 6.45) is 3.55. The third-order valence-corrected chi connectivity index (χ3v) is 1.28. The van der Waals surface area contributed by atoms with Gasteiger partial charge in [0.2, 0.25) is 0 Å². The molecule has 0 atom stereocenters. The van der Waals surface area contributed by atoms with Crippen molar-refractivity contribution in [1.29, 1.82) is 0 Å². The molecular formula is C6H12BN2O2. The molecular weight excluding hydrogens is 143 g/mol. The van der Waals surface area contributed by atoms with Crippen molar-refractivity contribution in [2.45, 2.75) is 19.2 Å². The molecule has 0 saturated heterocycles. The highest BCUT2D eigenvalue weighted by Gasteiger charge is 2.10. The molecule has 0 fully saturated rings. The molecule has 0 saturated carbocycles. The minimum absolute atomic E-state index is 0.244. The van der Waals surface area contributed by atoms with E-state index in [4.69, 9.17) is 0 Å². The summed E-state index contributed by atoms with van der Waals surface area (Å²) in [5.74, 6) is 0. The van der Waals surface area contributed by atoms with Crippen LogP contribution in [0.4, 0.5) is 0 Å². The molecule has 0 aromatic rings. The van der Waals surface area contributed by atoms with E-state index in [0.717, 1.165) is 19.2 Å². The molecule has 0 aliphatic heterocycles. The van der Waals surface area contributed by atoms with Gasteiger partial charge in [-0.25, -0.2) is 0 Å². The predicted octanol–water partition coefficient (Wildman–Crippen LogP) is -0.419. The average molecular weight is 155 g/mol. The second kappa shape index (κ2) is 7.12. The summed E-state index contributed by atoms with van der Waals surface area (Å²) in [4.78, 5) is 19.9. The van der Waals surface area contributed by atoms with Gasteiger partial charge in [-0.05, 0) is 6.32 Å². The fraction of sp³-hybridized carbons (Fsp3) is 0.500. The molecule has 0 spiro atoms. The lowest BCUT2D eigenvalue weighted by Crippen LogP contribution is -2.45. The molecule has 1 radical (unpaired) electrons. The molecule has 2 N–H and O–H groups in total. The zero-order valence-electron chi connectivity index (χ0n) is 6.38. The molecule has 4 nitrogen and oxygen atoms in total. The Kier molecular flexibility index (Phi) is 6.47. The number of hydrogen-bond acceptors (Lipinski definition) is 2. The Morgan fingerprint density at radius 3 is 2.18 bits per heavy atom. The van der Waals surface area contributed by atoms with Gasteiger partial charge in [0.15, 0.2) is 12.8 Å². The highest BCUT2D eigenvalue weighted by molar-refractivity contribution is 6.57. The van der Waals surface area contributed by atoms with Gasteiger partial charge >= 0.3 is 6.98 Å². The van der Waals surface area contributed by atoms with Crippen molar-refractivity contribution in [2.24, 2.45) is 0 Å². The molecule has 0 aliphatic rings. The molecule has 0 unspecified atom stereocenters. The molecule has 0 aromatic carbocycles. The maximum absolute atomic E-state index is 9.97. The van der Waals surface area contributed by atoms with E-state index in [1.54, 1.807) is 0 Å². The van der Waals surface area contributed by atoms with Crippen molar-refractivity contribution < 1.29 is 9.59 Å². The van der Waals surface area contributed by atoms with Gasteiger partial charge in [-0.1, -0.05) is 19.8 Å². The molecule has 0 aromatic heterocycles. The Bertz CT molecular complexity index is 111. The quantitative estimate of drug-likeness (QED) is 0.387. The van der Waals surface area contributed by atoms with Crippen LogP contribution in [0.3, 0.4) is 0 Å². The van der Waals surface area contributed by atoms with Gasteiger partial charge < -0.3 is 10.5 Å². The first-order chi connectivity index (χ1) is 5.35. The van der Waals surface area contributed by atoms with Crippen LogP contribution >= 0.6 is 0 Å². The first kappa shape index (κ1) is 10.0. The van der Waals surface area contributed by atoms with Gasteiger partial charge in [0.05, 0.1) is 0 Å². The molecule has 0 bridgehead atoms. The van der Waals surface area contributed by atoms with Crippen LogP contribution in [0.5, 0.6) is 0 Å². The largest absolute Gasteiger partial charge is 0.382 e. The lowest BCUT2D eigenvalue weighted by atomic mass is 9.71. The summed E-state index contributed by atoms with van der Waals surface area (Å²) in [7, 11) is 0. The first-order valence-electron chi connectivity index (χ1n) is 3.53. The van der Waals surface area contributed by atoms with Crippen LogP contribution < -0.4 is 10.5 Å². The molecule has 61 valence electrons. The first-order valence-corrected chi connectivity index (χ1v) is 3.53. The third kappa shape index (κ3) is 5.45. The van der Waals surface area contributed by atoms with E-state index in [2.05, 4.69) is 17.4 Å². The highest BCUT2D eigenvalue weighted by atomic mass is 16.1. The SMILES string of the molecule is [CH2]CCCB(NC=O)NC=O. The monoisotopic (exact) mass is 155 g/mol. The normalized spacial score (nSPS) is 8.45. The van der Waals surface area contributed by atoms with Crippen molar-refractivity contribution in [3.05, 3.63) is 6.92 Å². The molecule has 5 heteroatoms. The average Bonchev–Trinajstić information content (AvgIpc) is 2.01. The van der Waals surface area contributed by atoms with E-state index in [0.29, 0.717) is 12.8 Å². The topological polar surface area (TPSA) is 58.2 Å². The van der Waals surface area contributed by atoms with Crippen LogP contribution in [0.1, 0.15) is 12.8 Å². The van der Waals surface area contributed by atoms with Crippen LogP contribution in [0, 0.1) is 6.92 Å². The summed E-state index contributed by atoms with van der Waals surface area (Å²) >= 11 is 0. The number of amides is 2. The second-order valence-corrected chi connectivity index (χ2v) is 2.12. The minimum Gasteiger partial charge on any atom is -0.382 e. The van der Waals surface area contributed by atoms with Gasteiger partial charge in [-0.3, -0.25) is 9.59 Å². The molecule has 2 amide bonds. The van der Waals surface area contributed by atoms with Gasteiger partial charge in [0.25, 0.3) is 0 Å². The lowest BCUT2D eigenvalue weighted by Gasteiger charge is -2.07. The molecule has 0 heterocycles. The Hall–Kier alpha value is -0.995. The number of carbonyl (C=O) groups is 2. The molecule has 0 rings (SSSR count). The number of unbranched alkanes of at least 4 members (excludes halogenated alkanes) is 1. The summed E-state index contributed by atoms with van der Waals surface area (Å²) in [6, 6.07) is 0. The summed E-state index contributed by atoms with van der Waals surface area (Å²) in [6.45, 7) is 3.40. The standard InChI is InChI=1S/C6H12BN2O2/c1-2-3-4-7(8-5-10)9-6-11/h5-6H,1-4H2,(H,8,10)(H,9,11). The fourth-order valence-corrected chi connectivity index (χ4v) is 0.728. The van der Waals surface area contributed by atoms with Crippen LogP contribution in [0.25, 0.3) is 0 Å². The maximum Gasteiger partial charge on any atom is 0.374 e. The van der Waals surface area contributed by atoms with Crippen molar-refractivity contribution >= 4 is 19.8 Å². The van der Waals surface area contributed by atoms with Crippen LogP contribution in [0.2, 0.25) is 6.32 Å². The smallest absolute Gasteiger partial charge is 0.374 e. The van der Waals surface area contributed by atoms with Crippen molar-refractivity contribution in [2.75, 3.05) is 0 Å². The summed E-state index contributed by atoms with van der Waals surface area (Å²) in [5.41, 5.74) is 0. The van der Waals surface area contributed by atoms with Crippen molar-refractivity contribution in [3.8, 4) is 0 Å².